The Labute approximate surface area is 45.2 Å². The van der Waals surface area contributed by atoms with Gasteiger partial charge in [-0.25, -0.2) is 0 Å². The van der Waals surface area contributed by atoms with Gasteiger partial charge in [-0.05, 0) is 19.8 Å². The van der Waals surface area contributed by atoms with Crippen LogP contribution >= 0.6 is 0 Å². The predicted molar refractivity (Wildman–Crippen MR) is 32.6 cm³/mol. The topological polar surface area (TPSA) is 23.9 Å². The molecule has 0 atom stereocenters. The lowest BCUT2D eigenvalue weighted by atomic mass is 10.2. The van der Waals surface area contributed by atoms with E-state index < -0.39 is 0 Å². The van der Waals surface area contributed by atoms with Gasteiger partial charge in [0.1, 0.15) is 0 Å². The molecule has 0 saturated heterocycles. The van der Waals surface area contributed by atoms with E-state index in [1.165, 1.54) is 0 Å². The average Bonchev–Trinajstić information content (AvgIpc) is 1.61. The summed E-state index contributed by atoms with van der Waals surface area (Å²) in [6, 6.07) is 0. The molecule has 0 aliphatic heterocycles. The highest BCUT2D eigenvalue weighted by Gasteiger charge is 1.83. The molecule has 1 radical (unpaired) electrons. The van der Waals surface area contributed by atoms with Crippen LogP contribution in [0.4, 0.5) is 0 Å². The molecule has 0 unspecified atom stereocenters. The molecular weight excluding hydrogens is 86.1 g/mol. The molecule has 0 bridgehead atoms. The van der Waals surface area contributed by atoms with Crippen LogP contribution in [0.25, 0.3) is 0 Å². The van der Waals surface area contributed by atoms with Crippen molar-refractivity contribution >= 4 is 5.71 Å². The minimum atomic E-state index is 0.767. The van der Waals surface area contributed by atoms with Gasteiger partial charge in [-0.15, -0.1) is 0 Å². The number of hydrogen-bond acceptors (Lipinski definition) is 1. The molecule has 1 N–H and O–H groups in total. The maximum atomic E-state index is 6.97. The van der Waals surface area contributed by atoms with Gasteiger partial charge in [0.05, 0.1) is 0 Å². The van der Waals surface area contributed by atoms with E-state index in [1.807, 2.05) is 6.92 Å². The first-order valence-corrected chi connectivity index (χ1v) is 2.60. The fourth-order valence-electron chi connectivity index (χ4n) is 0.390. The second-order valence-electron chi connectivity index (χ2n) is 1.74. The molecule has 0 aromatic heterocycles. The molecule has 0 aromatic carbocycles. The summed E-state index contributed by atoms with van der Waals surface area (Å²) in [5, 5.41) is 6.97. The molecular formula is C6H12N. The van der Waals surface area contributed by atoms with Gasteiger partial charge in [-0.1, -0.05) is 13.3 Å². The molecule has 1 heteroatoms. The minimum absolute atomic E-state index is 0.767. The average molecular weight is 98.2 g/mol. The van der Waals surface area contributed by atoms with Crippen LogP contribution in [-0.2, 0) is 0 Å². The predicted octanol–water partition coefficient (Wildman–Crippen LogP) is 2.03. The molecule has 0 saturated carbocycles. The molecule has 7 heavy (non-hydrogen) atoms. The molecule has 1 nitrogen and oxygen atoms in total. The number of unbranched alkanes of at least 4 members (excludes halogenated alkanes) is 1. The summed E-state index contributed by atoms with van der Waals surface area (Å²) in [5.74, 6) is 0. The molecule has 0 rings (SSSR count). The van der Waals surface area contributed by atoms with E-state index in [2.05, 4.69) is 6.92 Å². The van der Waals surface area contributed by atoms with Crippen molar-refractivity contribution in [3.05, 3.63) is 6.92 Å². The van der Waals surface area contributed by atoms with Crippen molar-refractivity contribution < 1.29 is 0 Å². The second kappa shape index (κ2) is 3.85. The summed E-state index contributed by atoms with van der Waals surface area (Å²) in [5.41, 5.74) is 0.767. The zero-order valence-corrected chi connectivity index (χ0v) is 4.83. The Morgan fingerprint density at radius 1 is 1.71 bits per heavy atom. The van der Waals surface area contributed by atoms with Gasteiger partial charge >= 0.3 is 0 Å². The van der Waals surface area contributed by atoms with Crippen molar-refractivity contribution in [3.63, 3.8) is 0 Å². The highest BCUT2D eigenvalue weighted by molar-refractivity contribution is 5.78. The first-order valence-electron chi connectivity index (χ1n) is 2.60. The third-order valence-corrected chi connectivity index (χ3v) is 0.802. The van der Waals surface area contributed by atoms with Crippen molar-refractivity contribution in [1.82, 2.24) is 0 Å². The SMILES string of the molecule is [CH2]CCCC(C)=N. The molecule has 0 amide bonds. The maximum absolute atomic E-state index is 6.97. The van der Waals surface area contributed by atoms with E-state index in [-0.39, 0.29) is 0 Å². The van der Waals surface area contributed by atoms with E-state index in [9.17, 15) is 0 Å². The molecule has 0 aromatic rings. The lowest BCUT2D eigenvalue weighted by molar-refractivity contribution is 0.885. The van der Waals surface area contributed by atoms with Gasteiger partial charge in [0.25, 0.3) is 0 Å². The molecule has 0 spiro atoms. The Morgan fingerprint density at radius 3 is 2.43 bits per heavy atom. The summed E-state index contributed by atoms with van der Waals surface area (Å²) >= 11 is 0. The summed E-state index contributed by atoms with van der Waals surface area (Å²) in [6.07, 6.45) is 2.94. The number of hydrogen-bond donors (Lipinski definition) is 1. The lowest BCUT2D eigenvalue weighted by Gasteiger charge is -1.89. The zero-order valence-electron chi connectivity index (χ0n) is 4.83. The van der Waals surface area contributed by atoms with Crippen LogP contribution in [0, 0.1) is 12.3 Å². The second-order valence-corrected chi connectivity index (χ2v) is 1.74. The molecule has 0 heterocycles. The third-order valence-electron chi connectivity index (χ3n) is 0.802. The first-order chi connectivity index (χ1) is 3.27. The Balaban J connectivity index is 2.82. The highest BCUT2D eigenvalue weighted by atomic mass is 14.4. The van der Waals surface area contributed by atoms with Gasteiger partial charge in [0, 0.05) is 5.71 Å². The van der Waals surface area contributed by atoms with Crippen LogP contribution in [0.15, 0.2) is 0 Å². The zero-order chi connectivity index (χ0) is 5.70. The molecule has 0 fully saturated rings. The van der Waals surface area contributed by atoms with Gasteiger partial charge in [-0.3, -0.25) is 0 Å². The first kappa shape index (κ1) is 6.67. The fourth-order valence-corrected chi connectivity index (χ4v) is 0.390. The van der Waals surface area contributed by atoms with Crippen LogP contribution in [0.2, 0.25) is 0 Å². The molecule has 0 aliphatic carbocycles. The Kier molecular flexibility index (Phi) is 3.67. The van der Waals surface area contributed by atoms with Crippen molar-refractivity contribution in [3.8, 4) is 0 Å². The maximum Gasteiger partial charge on any atom is 0.00582 e. The van der Waals surface area contributed by atoms with Crippen molar-refractivity contribution in [1.29, 1.82) is 5.41 Å². The van der Waals surface area contributed by atoms with Gasteiger partial charge in [0.2, 0.25) is 0 Å². The van der Waals surface area contributed by atoms with Crippen molar-refractivity contribution in [2.24, 2.45) is 0 Å². The van der Waals surface area contributed by atoms with Crippen LogP contribution in [0.3, 0.4) is 0 Å². The van der Waals surface area contributed by atoms with Gasteiger partial charge in [0.15, 0.2) is 0 Å². The summed E-state index contributed by atoms with van der Waals surface area (Å²) < 4.78 is 0. The normalized spacial score (nSPS) is 8.86. The largest absolute Gasteiger partial charge is 0.310 e. The summed E-state index contributed by atoms with van der Waals surface area (Å²) in [6.45, 7) is 5.49. The van der Waals surface area contributed by atoms with Crippen LogP contribution in [-0.4, -0.2) is 5.71 Å². The van der Waals surface area contributed by atoms with Crippen LogP contribution in [0.5, 0.6) is 0 Å². The number of rotatable bonds is 3. The Morgan fingerprint density at radius 2 is 2.29 bits per heavy atom. The van der Waals surface area contributed by atoms with Gasteiger partial charge in [-0.2, -0.15) is 0 Å². The van der Waals surface area contributed by atoms with E-state index in [4.69, 9.17) is 5.41 Å². The monoisotopic (exact) mass is 98.1 g/mol. The third kappa shape index (κ3) is 5.67. The Hall–Kier alpha value is -0.330. The lowest BCUT2D eigenvalue weighted by Crippen LogP contribution is -1.85. The van der Waals surface area contributed by atoms with Gasteiger partial charge < -0.3 is 5.41 Å². The van der Waals surface area contributed by atoms with Crippen LogP contribution < -0.4 is 0 Å². The van der Waals surface area contributed by atoms with E-state index in [0.717, 1.165) is 25.0 Å². The summed E-state index contributed by atoms with van der Waals surface area (Å²) in [7, 11) is 0. The summed E-state index contributed by atoms with van der Waals surface area (Å²) in [4.78, 5) is 0. The van der Waals surface area contributed by atoms with Crippen molar-refractivity contribution in [2.45, 2.75) is 26.2 Å². The fraction of sp³-hybridized carbons (Fsp3) is 0.667. The molecule has 0 aliphatic rings. The molecule has 41 valence electrons. The Bertz CT molecular complexity index is 57.2. The standard InChI is InChI=1S/C6H12N/c1-3-4-5-6(2)7/h7H,1,3-5H2,2H3. The van der Waals surface area contributed by atoms with E-state index in [0.29, 0.717) is 0 Å². The smallest absolute Gasteiger partial charge is 0.00582 e. The highest BCUT2D eigenvalue weighted by Crippen LogP contribution is 1.92. The minimum Gasteiger partial charge on any atom is -0.310 e. The van der Waals surface area contributed by atoms with Crippen molar-refractivity contribution in [2.75, 3.05) is 0 Å². The quantitative estimate of drug-likeness (QED) is 0.522. The van der Waals surface area contributed by atoms with E-state index >= 15 is 0 Å². The van der Waals surface area contributed by atoms with E-state index in [1.54, 1.807) is 0 Å². The number of nitrogens with one attached hydrogen (secondary N) is 1. The van der Waals surface area contributed by atoms with Crippen LogP contribution in [0.1, 0.15) is 26.2 Å².